The summed E-state index contributed by atoms with van der Waals surface area (Å²) in [7, 11) is -3.42. The van der Waals surface area contributed by atoms with Crippen LogP contribution in [-0.4, -0.2) is 21.1 Å². The van der Waals surface area contributed by atoms with Gasteiger partial charge in [0.05, 0.1) is 11.9 Å². The first-order chi connectivity index (χ1) is 11.8. The van der Waals surface area contributed by atoms with Crippen LogP contribution in [0.15, 0.2) is 48.5 Å². The highest BCUT2D eigenvalue weighted by atomic mass is 32.2. The van der Waals surface area contributed by atoms with Crippen LogP contribution >= 0.6 is 0 Å². The number of hydrogen-bond acceptors (Lipinski definition) is 3. The van der Waals surface area contributed by atoms with Crippen LogP contribution in [0.2, 0.25) is 0 Å². The molecule has 0 bridgehead atoms. The van der Waals surface area contributed by atoms with Gasteiger partial charge in [-0.15, -0.1) is 0 Å². The van der Waals surface area contributed by atoms with Gasteiger partial charge in [0, 0.05) is 6.54 Å². The molecule has 0 saturated heterocycles. The van der Waals surface area contributed by atoms with Gasteiger partial charge in [0.25, 0.3) is 0 Å². The first-order valence-corrected chi connectivity index (χ1v) is 9.97. The van der Waals surface area contributed by atoms with Crippen LogP contribution in [0.4, 0.5) is 4.39 Å². The van der Waals surface area contributed by atoms with E-state index in [0.717, 1.165) is 17.7 Å². The topological polar surface area (TPSA) is 55.4 Å². The third kappa shape index (κ3) is 7.23. The zero-order chi connectivity index (χ0) is 18.3. The maximum atomic E-state index is 12.9. The highest BCUT2D eigenvalue weighted by Gasteiger charge is 2.11. The highest BCUT2D eigenvalue weighted by Crippen LogP contribution is 2.16. The molecule has 25 heavy (non-hydrogen) atoms. The monoisotopic (exact) mass is 365 g/mol. The summed E-state index contributed by atoms with van der Waals surface area (Å²) >= 11 is 0. The second-order valence-electron chi connectivity index (χ2n) is 6.20. The summed E-state index contributed by atoms with van der Waals surface area (Å²) in [5.74, 6) is 0.299. The zero-order valence-electron chi connectivity index (χ0n) is 14.5. The smallest absolute Gasteiger partial charge is 0.215 e. The number of sulfonamides is 1. The number of ether oxygens (including phenoxy) is 1. The SMILES string of the molecule is CC(C)Oc1cccc(CCCNS(=O)(=O)Cc2ccc(F)cc2)c1. The summed E-state index contributed by atoms with van der Waals surface area (Å²) in [6.07, 6.45) is 1.57. The molecular formula is C19H24FNO3S. The minimum atomic E-state index is -3.42. The van der Waals surface area contributed by atoms with Gasteiger partial charge in [0.2, 0.25) is 10.0 Å². The van der Waals surface area contributed by atoms with E-state index < -0.39 is 10.0 Å². The first-order valence-electron chi connectivity index (χ1n) is 8.31. The molecule has 4 nitrogen and oxygen atoms in total. The zero-order valence-corrected chi connectivity index (χ0v) is 15.4. The van der Waals surface area contributed by atoms with Gasteiger partial charge in [-0.2, -0.15) is 0 Å². The van der Waals surface area contributed by atoms with E-state index in [0.29, 0.717) is 18.5 Å². The quantitative estimate of drug-likeness (QED) is 0.690. The maximum Gasteiger partial charge on any atom is 0.215 e. The molecule has 0 aromatic heterocycles. The lowest BCUT2D eigenvalue weighted by Crippen LogP contribution is -2.26. The summed E-state index contributed by atoms with van der Waals surface area (Å²) < 4.78 is 45.2. The Morgan fingerprint density at radius 3 is 2.48 bits per heavy atom. The van der Waals surface area contributed by atoms with Crippen molar-refractivity contribution < 1.29 is 17.5 Å². The summed E-state index contributed by atoms with van der Waals surface area (Å²) in [5, 5.41) is 0. The molecule has 0 spiro atoms. The average molecular weight is 365 g/mol. The molecule has 0 aliphatic carbocycles. The van der Waals surface area contributed by atoms with Crippen molar-refractivity contribution in [2.45, 2.75) is 38.5 Å². The summed E-state index contributed by atoms with van der Waals surface area (Å²) in [6, 6.07) is 13.3. The van der Waals surface area contributed by atoms with Crippen molar-refractivity contribution in [3.63, 3.8) is 0 Å². The third-order valence-corrected chi connectivity index (χ3v) is 4.86. The maximum absolute atomic E-state index is 12.9. The fourth-order valence-corrected chi connectivity index (χ4v) is 3.61. The molecule has 0 radical (unpaired) electrons. The molecule has 0 aliphatic heterocycles. The van der Waals surface area contributed by atoms with Crippen LogP contribution in [0.25, 0.3) is 0 Å². The lowest BCUT2D eigenvalue weighted by Gasteiger charge is -2.11. The molecule has 0 fully saturated rings. The minimum absolute atomic E-state index is 0.119. The molecule has 2 aromatic rings. The van der Waals surface area contributed by atoms with E-state index in [2.05, 4.69) is 4.72 Å². The van der Waals surface area contributed by atoms with Crippen LogP contribution in [0.3, 0.4) is 0 Å². The van der Waals surface area contributed by atoms with E-state index in [1.54, 1.807) is 0 Å². The van der Waals surface area contributed by atoms with Gasteiger partial charge in [0.1, 0.15) is 11.6 Å². The van der Waals surface area contributed by atoms with E-state index in [1.807, 2.05) is 38.1 Å². The minimum Gasteiger partial charge on any atom is -0.491 e. The van der Waals surface area contributed by atoms with Crippen molar-refractivity contribution in [3.8, 4) is 5.75 Å². The van der Waals surface area contributed by atoms with Gasteiger partial charge in [0.15, 0.2) is 0 Å². The highest BCUT2D eigenvalue weighted by molar-refractivity contribution is 7.88. The first kappa shape index (κ1) is 19.4. The van der Waals surface area contributed by atoms with Crippen LogP contribution in [0.1, 0.15) is 31.4 Å². The van der Waals surface area contributed by atoms with Crippen molar-refractivity contribution >= 4 is 10.0 Å². The van der Waals surface area contributed by atoms with Gasteiger partial charge >= 0.3 is 0 Å². The molecular weight excluding hydrogens is 341 g/mol. The Bertz CT molecular complexity index is 774. The predicted molar refractivity (Wildman–Crippen MR) is 97.6 cm³/mol. The predicted octanol–water partition coefficient (Wildman–Crippen LogP) is 3.67. The number of aryl methyl sites for hydroxylation is 1. The van der Waals surface area contributed by atoms with E-state index in [9.17, 15) is 12.8 Å². The molecule has 6 heteroatoms. The van der Waals surface area contributed by atoms with Crippen molar-refractivity contribution in [1.82, 2.24) is 4.72 Å². The number of nitrogens with one attached hydrogen (secondary N) is 1. The fraction of sp³-hybridized carbons (Fsp3) is 0.368. The van der Waals surface area contributed by atoms with E-state index in [1.165, 1.54) is 24.3 Å². The van der Waals surface area contributed by atoms with E-state index >= 15 is 0 Å². The van der Waals surface area contributed by atoms with Crippen LogP contribution in [-0.2, 0) is 22.2 Å². The lowest BCUT2D eigenvalue weighted by atomic mass is 10.1. The van der Waals surface area contributed by atoms with Gasteiger partial charge in [-0.3, -0.25) is 0 Å². The second-order valence-corrected chi connectivity index (χ2v) is 8.00. The molecule has 0 amide bonds. The number of halogens is 1. The number of hydrogen-bond donors (Lipinski definition) is 1. The van der Waals surface area contributed by atoms with Crippen LogP contribution in [0.5, 0.6) is 5.75 Å². The van der Waals surface area contributed by atoms with Crippen molar-refractivity contribution in [2.24, 2.45) is 0 Å². The van der Waals surface area contributed by atoms with E-state index in [4.69, 9.17) is 4.74 Å². The van der Waals surface area contributed by atoms with Gasteiger partial charge in [-0.1, -0.05) is 24.3 Å². The van der Waals surface area contributed by atoms with Crippen LogP contribution < -0.4 is 9.46 Å². The lowest BCUT2D eigenvalue weighted by molar-refractivity contribution is 0.242. The molecule has 2 aromatic carbocycles. The molecule has 2 rings (SSSR count). The molecule has 0 atom stereocenters. The Hall–Kier alpha value is -1.92. The largest absolute Gasteiger partial charge is 0.491 e. The standard InChI is InChI=1S/C19H24FNO3S/c1-15(2)24-19-7-3-5-16(13-19)6-4-12-21-25(22,23)14-17-8-10-18(20)11-9-17/h3,5,7-11,13,15,21H,4,6,12,14H2,1-2H3. The van der Waals surface area contributed by atoms with E-state index in [-0.39, 0.29) is 17.7 Å². The Kier molecular flexibility index (Phi) is 6.96. The Morgan fingerprint density at radius 2 is 1.80 bits per heavy atom. The van der Waals surface area contributed by atoms with Gasteiger partial charge in [-0.05, 0) is 62.1 Å². The molecule has 0 saturated carbocycles. The van der Waals surface area contributed by atoms with Gasteiger partial charge < -0.3 is 4.74 Å². The Morgan fingerprint density at radius 1 is 1.08 bits per heavy atom. The average Bonchev–Trinajstić information content (AvgIpc) is 2.53. The summed E-state index contributed by atoms with van der Waals surface area (Å²) in [4.78, 5) is 0. The molecule has 1 N–H and O–H groups in total. The third-order valence-electron chi connectivity index (χ3n) is 3.50. The molecule has 0 aliphatic rings. The Labute approximate surface area is 149 Å². The fourth-order valence-electron chi connectivity index (χ4n) is 2.42. The van der Waals surface area contributed by atoms with Crippen LogP contribution in [0, 0.1) is 5.82 Å². The van der Waals surface area contributed by atoms with Crippen molar-refractivity contribution in [1.29, 1.82) is 0 Å². The number of benzene rings is 2. The number of rotatable bonds is 9. The van der Waals surface area contributed by atoms with Gasteiger partial charge in [-0.25, -0.2) is 17.5 Å². The van der Waals surface area contributed by atoms with Crippen molar-refractivity contribution in [3.05, 3.63) is 65.5 Å². The Balaban J connectivity index is 1.79. The molecule has 136 valence electrons. The second kappa shape index (κ2) is 8.97. The summed E-state index contributed by atoms with van der Waals surface area (Å²) in [5.41, 5.74) is 1.67. The molecule has 0 heterocycles. The summed E-state index contributed by atoms with van der Waals surface area (Å²) in [6.45, 7) is 4.31. The van der Waals surface area contributed by atoms with Crippen molar-refractivity contribution in [2.75, 3.05) is 6.54 Å². The normalized spacial score (nSPS) is 11.7. The molecule has 0 unspecified atom stereocenters.